The molecule has 2 rings (SSSR count). The normalized spacial score (nSPS) is 16.9. The van der Waals surface area contributed by atoms with Gasteiger partial charge in [0.2, 0.25) is 0 Å². The molecule has 0 aromatic heterocycles. The largest absolute Gasteiger partial charge is 0.391 e. The molecule has 3 N–H and O–H groups in total. The fourth-order valence-electron chi connectivity index (χ4n) is 2.35. The number of urea groups is 1. The van der Waals surface area contributed by atoms with E-state index in [9.17, 15) is 9.90 Å². The van der Waals surface area contributed by atoms with Crippen LogP contribution in [0.25, 0.3) is 0 Å². The number of rotatable bonds is 6. The molecule has 1 unspecified atom stereocenters. The smallest absolute Gasteiger partial charge is 0.338 e. The molecule has 0 spiro atoms. The molecule has 1 saturated carbocycles. The zero-order valence-electron chi connectivity index (χ0n) is 11.5. The standard InChI is InChI=1S/C15H22N2O3/c18-13(10-12-6-2-1-3-7-12)11-16-15(19)17-20-14-8-4-5-9-14/h1-3,6-7,13-14,18H,4-5,8-11H2,(H2,16,17,19). The molecule has 2 amide bonds. The van der Waals surface area contributed by atoms with E-state index in [1.54, 1.807) is 0 Å². The Hall–Kier alpha value is -1.59. The van der Waals surface area contributed by atoms with Crippen LogP contribution in [0.2, 0.25) is 0 Å². The summed E-state index contributed by atoms with van der Waals surface area (Å²) in [5.74, 6) is 0. The van der Waals surface area contributed by atoms with Gasteiger partial charge in [0.05, 0.1) is 12.2 Å². The van der Waals surface area contributed by atoms with Crippen molar-refractivity contribution < 1.29 is 14.7 Å². The van der Waals surface area contributed by atoms with Crippen molar-refractivity contribution in [3.05, 3.63) is 35.9 Å². The third-order valence-corrected chi connectivity index (χ3v) is 3.43. The first-order valence-corrected chi connectivity index (χ1v) is 7.15. The fraction of sp³-hybridized carbons (Fsp3) is 0.533. The molecule has 1 aliphatic rings. The molecular formula is C15H22N2O3. The number of hydrogen-bond acceptors (Lipinski definition) is 3. The Kier molecular flexibility index (Phi) is 5.83. The summed E-state index contributed by atoms with van der Waals surface area (Å²) in [7, 11) is 0. The number of amides is 2. The van der Waals surface area contributed by atoms with Crippen LogP contribution >= 0.6 is 0 Å². The van der Waals surface area contributed by atoms with E-state index in [1.165, 1.54) is 0 Å². The van der Waals surface area contributed by atoms with Crippen LogP contribution < -0.4 is 10.8 Å². The highest BCUT2D eigenvalue weighted by molar-refractivity contribution is 5.72. The molecule has 0 radical (unpaired) electrons. The van der Waals surface area contributed by atoms with E-state index in [1.807, 2.05) is 30.3 Å². The summed E-state index contributed by atoms with van der Waals surface area (Å²) in [6.07, 6.45) is 4.36. The molecule has 1 aromatic rings. The maximum absolute atomic E-state index is 11.5. The van der Waals surface area contributed by atoms with Gasteiger partial charge in [-0.2, -0.15) is 0 Å². The van der Waals surface area contributed by atoms with E-state index in [4.69, 9.17) is 4.84 Å². The van der Waals surface area contributed by atoms with E-state index in [-0.39, 0.29) is 12.6 Å². The monoisotopic (exact) mass is 278 g/mol. The molecule has 0 heterocycles. The molecule has 0 saturated heterocycles. The van der Waals surface area contributed by atoms with Crippen LogP contribution in [0, 0.1) is 0 Å². The van der Waals surface area contributed by atoms with Crippen molar-refractivity contribution in [1.29, 1.82) is 0 Å². The number of benzene rings is 1. The Morgan fingerprint density at radius 2 is 2.00 bits per heavy atom. The van der Waals surface area contributed by atoms with E-state index < -0.39 is 12.1 Å². The molecular weight excluding hydrogens is 256 g/mol. The van der Waals surface area contributed by atoms with E-state index in [0.717, 1.165) is 31.2 Å². The van der Waals surface area contributed by atoms with Gasteiger partial charge in [-0.3, -0.25) is 4.84 Å². The van der Waals surface area contributed by atoms with Crippen LogP contribution in [0.1, 0.15) is 31.2 Å². The van der Waals surface area contributed by atoms with Gasteiger partial charge in [-0.05, 0) is 18.4 Å². The first-order chi connectivity index (χ1) is 9.74. The Balaban J connectivity index is 1.60. The first kappa shape index (κ1) is 14.8. The summed E-state index contributed by atoms with van der Waals surface area (Å²) in [6, 6.07) is 9.29. The average Bonchev–Trinajstić information content (AvgIpc) is 2.97. The van der Waals surface area contributed by atoms with Crippen molar-refractivity contribution >= 4 is 6.03 Å². The lowest BCUT2D eigenvalue weighted by molar-refractivity contribution is -0.000396. The van der Waals surface area contributed by atoms with Crippen LogP contribution in [0.15, 0.2) is 30.3 Å². The highest BCUT2D eigenvalue weighted by Crippen LogP contribution is 2.19. The van der Waals surface area contributed by atoms with Crippen molar-refractivity contribution in [1.82, 2.24) is 10.8 Å². The highest BCUT2D eigenvalue weighted by atomic mass is 16.7. The lowest BCUT2D eigenvalue weighted by atomic mass is 10.1. The van der Waals surface area contributed by atoms with Gasteiger partial charge in [-0.15, -0.1) is 0 Å². The van der Waals surface area contributed by atoms with Gasteiger partial charge in [0.1, 0.15) is 0 Å². The Morgan fingerprint density at radius 3 is 2.70 bits per heavy atom. The number of nitrogens with one attached hydrogen (secondary N) is 2. The average molecular weight is 278 g/mol. The third kappa shape index (κ3) is 5.19. The van der Waals surface area contributed by atoms with Gasteiger partial charge in [-0.1, -0.05) is 43.2 Å². The summed E-state index contributed by atoms with van der Waals surface area (Å²) in [6.45, 7) is 0.203. The molecule has 110 valence electrons. The zero-order chi connectivity index (χ0) is 14.2. The molecule has 5 nitrogen and oxygen atoms in total. The van der Waals surface area contributed by atoms with Crippen LogP contribution in [-0.2, 0) is 11.3 Å². The molecule has 1 fully saturated rings. The van der Waals surface area contributed by atoms with Crippen molar-refractivity contribution in [3.63, 3.8) is 0 Å². The highest BCUT2D eigenvalue weighted by Gasteiger charge is 2.17. The number of hydrogen-bond donors (Lipinski definition) is 3. The van der Waals surface area contributed by atoms with Crippen LogP contribution in [-0.4, -0.2) is 29.9 Å². The molecule has 1 aliphatic carbocycles. The molecule has 1 atom stereocenters. The number of carbonyl (C=O) groups is 1. The fourth-order valence-corrected chi connectivity index (χ4v) is 2.35. The van der Waals surface area contributed by atoms with Crippen molar-refractivity contribution in [3.8, 4) is 0 Å². The maximum atomic E-state index is 11.5. The minimum atomic E-state index is -0.602. The third-order valence-electron chi connectivity index (χ3n) is 3.43. The molecule has 5 heteroatoms. The van der Waals surface area contributed by atoms with Gasteiger partial charge in [0.25, 0.3) is 0 Å². The molecule has 1 aromatic carbocycles. The summed E-state index contributed by atoms with van der Waals surface area (Å²) in [5.41, 5.74) is 3.43. The Bertz CT molecular complexity index is 405. The molecule has 0 aliphatic heterocycles. The second kappa shape index (κ2) is 7.87. The van der Waals surface area contributed by atoms with Gasteiger partial charge in [0, 0.05) is 13.0 Å². The van der Waals surface area contributed by atoms with Crippen molar-refractivity contribution in [2.75, 3.05) is 6.54 Å². The summed E-state index contributed by atoms with van der Waals surface area (Å²) in [5, 5.41) is 12.4. The number of aliphatic hydroxyl groups excluding tert-OH is 1. The Labute approximate surface area is 119 Å². The van der Waals surface area contributed by atoms with E-state index in [0.29, 0.717) is 6.42 Å². The number of hydroxylamine groups is 1. The second-order valence-corrected chi connectivity index (χ2v) is 5.18. The van der Waals surface area contributed by atoms with Crippen molar-refractivity contribution in [2.45, 2.75) is 44.3 Å². The lowest BCUT2D eigenvalue weighted by Gasteiger charge is -2.14. The minimum absolute atomic E-state index is 0.134. The summed E-state index contributed by atoms with van der Waals surface area (Å²) < 4.78 is 0. The zero-order valence-corrected chi connectivity index (χ0v) is 11.5. The topological polar surface area (TPSA) is 70.6 Å². The Morgan fingerprint density at radius 1 is 1.30 bits per heavy atom. The minimum Gasteiger partial charge on any atom is -0.391 e. The predicted octanol–water partition coefficient (Wildman–Crippen LogP) is 1.76. The summed E-state index contributed by atoms with van der Waals surface area (Å²) in [4.78, 5) is 16.8. The number of aliphatic hydroxyl groups is 1. The quantitative estimate of drug-likeness (QED) is 0.694. The lowest BCUT2D eigenvalue weighted by Crippen LogP contribution is -2.41. The van der Waals surface area contributed by atoms with E-state index >= 15 is 0 Å². The molecule has 0 bridgehead atoms. The van der Waals surface area contributed by atoms with Gasteiger partial charge in [-0.25, -0.2) is 10.3 Å². The summed E-state index contributed by atoms with van der Waals surface area (Å²) >= 11 is 0. The van der Waals surface area contributed by atoms with Crippen LogP contribution in [0.4, 0.5) is 4.79 Å². The van der Waals surface area contributed by atoms with Gasteiger partial charge >= 0.3 is 6.03 Å². The van der Waals surface area contributed by atoms with E-state index in [2.05, 4.69) is 10.8 Å². The maximum Gasteiger partial charge on any atom is 0.338 e. The SMILES string of the molecule is O=C(NCC(O)Cc1ccccc1)NOC1CCCC1. The van der Waals surface area contributed by atoms with Crippen molar-refractivity contribution in [2.24, 2.45) is 0 Å². The number of carbonyl (C=O) groups excluding carboxylic acids is 1. The van der Waals surface area contributed by atoms with Gasteiger partial charge < -0.3 is 10.4 Å². The molecule has 20 heavy (non-hydrogen) atoms. The van der Waals surface area contributed by atoms with Crippen LogP contribution in [0.5, 0.6) is 0 Å². The second-order valence-electron chi connectivity index (χ2n) is 5.18. The first-order valence-electron chi connectivity index (χ1n) is 7.15. The van der Waals surface area contributed by atoms with Crippen LogP contribution in [0.3, 0.4) is 0 Å². The van der Waals surface area contributed by atoms with Gasteiger partial charge in [0.15, 0.2) is 0 Å². The predicted molar refractivity (Wildman–Crippen MR) is 76.0 cm³/mol.